The number of thiocarbonyl (C=S) groups is 1. The molecule has 0 unspecified atom stereocenters. The highest BCUT2D eigenvalue weighted by Gasteiger charge is 2.33. The van der Waals surface area contributed by atoms with Crippen molar-refractivity contribution in [3.63, 3.8) is 0 Å². The number of thioether (sulfide) groups is 1. The fourth-order valence-corrected chi connectivity index (χ4v) is 3.09. The first-order chi connectivity index (χ1) is 7.99. The van der Waals surface area contributed by atoms with E-state index in [9.17, 15) is 4.79 Å². The summed E-state index contributed by atoms with van der Waals surface area (Å²) in [6.07, 6.45) is 1.74. The third kappa shape index (κ3) is 2.45. The van der Waals surface area contributed by atoms with Gasteiger partial charge in [-0.05, 0) is 32.9 Å². The average molecular weight is 267 g/mol. The van der Waals surface area contributed by atoms with E-state index >= 15 is 0 Å². The summed E-state index contributed by atoms with van der Waals surface area (Å²) in [4.78, 5) is 14.3. The smallest absolute Gasteiger partial charge is 0.266 e. The first-order valence-corrected chi connectivity index (χ1v) is 6.55. The van der Waals surface area contributed by atoms with Crippen LogP contribution in [0.4, 0.5) is 0 Å². The molecule has 1 fully saturated rings. The molecule has 2 heterocycles. The molecule has 0 aromatic carbocycles. The van der Waals surface area contributed by atoms with Crippen LogP contribution in [0.15, 0.2) is 21.5 Å². The van der Waals surface area contributed by atoms with Crippen LogP contribution in [0, 0.1) is 6.92 Å². The van der Waals surface area contributed by atoms with Crippen LogP contribution in [0.5, 0.6) is 0 Å². The van der Waals surface area contributed by atoms with Gasteiger partial charge in [0.05, 0.1) is 4.91 Å². The molecule has 0 radical (unpaired) electrons. The van der Waals surface area contributed by atoms with Crippen molar-refractivity contribution in [1.82, 2.24) is 4.90 Å². The third-order valence-electron chi connectivity index (χ3n) is 2.37. The number of furan rings is 1. The SMILES string of the molecule is Cc1ccc(/C=C2/SC(=S)N(C(C)C)C2=O)o1. The molecule has 1 saturated heterocycles. The number of nitrogens with zero attached hydrogens (tertiary/aromatic N) is 1. The Morgan fingerprint density at radius 3 is 2.65 bits per heavy atom. The number of amides is 1. The Morgan fingerprint density at radius 1 is 1.47 bits per heavy atom. The zero-order valence-electron chi connectivity index (χ0n) is 9.89. The summed E-state index contributed by atoms with van der Waals surface area (Å²) in [5.41, 5.74) is 0. The van der Waals surface area contributed by atoms with Crippen LogP contribution in [0.1, 0.15) is 25.4 Å². The first-order valence-electron chi connectivity index (χ1n) is 5.32. The van der Waals surface area contributed by atoms with Gasteiger partial charge in [0.1, 0.15) is 15.8 Å². The minimum absolute atomic E-state index is 0.0379. The van der Waals surface area contributed by atoms with Gasteiger partial charge >= 0.3 is 0 Å². The van der Waals surface area contributed by atoms with Crippen molar-refractivity contribution in [3.05, 3.63) is 28.6 Å². The van der Waals surface area contributed by atoms with E-state index in [1.54, 1.807) is 11.0 Å². The van der Waals surface area contributed by atoms with Crippen molar-refractivity contribution < 1.29 is 9.21 Å². The van der Waals surface area contributed by atoms with Gasteiger partial charge in [0.15, 0.2) is 0 Å². The average Bonchev–Trinajstić information content (AvgIpc) is 2.73. The Hall–Kier alpha value is -1.07. The molecule has 0 saturated carbocycles. The number of aryl methyl sites for hydroxylation is 1. The summed E-state index contributed by atoms with van der Waals surface area (Å²) in [6, 6.07) is 3.80. The van der Waals surface area contributed by atoms with Crippen molar-refractivity contribution in [2.45, 2.75) is 26.8 Å². The topological polar surface area (TPSA) is 33.5 Å². The molecule has 1 aliphatic rings. The molecular formula is C12H13NO2S2. The van der Waals surface area contributed by atoms with Gasteiger partial charge in [0.25, 0.3) is 5.91 Å². The van der Waals surface area contributed by atoms with Crippen molar-refractivity contribution in [2.24, 2.45) is 0 Å². The van der Waals surface area contributed by atoms with Gasteiger partial charge in [0.2, 0.25) is 0 Å². The maximum atomic E-state index is 12.1. The molecule has 1 aromatic rings. The predicted octanol–water partition coefficient (Wildman–Crippen LogP) is 3.20. The van der Waals surface area contributed by atoms with E-state index in [2.05, 4.69) is 0 Å². The second-order valence-electron chi connectivity index (χ2n) is 4.09. The summed E-state index contributed by atoms with van der Waals surface area (Å²) < 4.78 is 6.03. The van der Waals surface area contributed by atoms with Gasteiger partial charge in [-0.25, -0.2) is 0 Å². The molecule has 1 amide bonds. The molecule has 0 spiro atoms. The summed E-state index contributed by atoms with van der Waals surface area (Å²) in [7, 11) is 0. The molecule has 0 aliphatic carbocycles. The zero-order chi connectivity index (χ0) is 12.6. The van der Waals surface area contributed by atoms with Crippen LogP contribution >= 0.6 is 24.0 Å². The minimum Gasteiger partial charge on any atom is -0.462 e. The number of carbonyl (C=O) groups excluding carboxylic acids is 1. The lowest BCUT2D eigenvalue weighted by Crippen LogP contribution is -2.34. The second kappa shape index (κ2) is 4.66. The molecule has 17 heavy (non-hydrogen) atoms. The predicted molar refractivity (Wildman–Crippen MR) is 73.6 cm³/mol. The van der Waals surface area contributed by atoms with Crippen molar-refractivity contribution in [3.8, 4) is 0 Å². The van der Waals surface area contributed by atoms with E-state index in [0.717, 1.165) is 5.76 Å². The fraction of sp³-hybridized carbons (Fsp3) is 0.333. The van der Waals surface area contributed by atoms with E-state index in [0.29, 0.717) is 15.0 Å². The van der Waals surface area contributed by atoms with Crippen molar-refractivity contribution in [2.75, 3.05) is 0 Å². The van der Waals surface area contributed by atoms with E-state index in [4.69, 9.17) is 16.6 Å². The molecule has 2 rings (SSSR count). The monoisotopic (exact) mass is 267 g/mol. The molecule has 3 nitrogen and oxygen atoms in total. The standard InChI is InChI=1S/C12H13NO2S2/c1-7(2)13-11(14)10(17-12(13)16)6-9-5-4-8(3)15-9/h4-7H,1-3H3/b10-6+. The molecule has 5 heteroatoms. The third-order valence-corrected chi connectivity index (χ3v) is 3.70. The molecule has 0 bridgehead atoms. The normalized spacial score (nSPS) is 18.8. The maximum Gasteiger partial charge on any atom is 0.266 e. The van der Waals surface area contributed by atoms with Crippen LogP contribution in [-0.4, -0.2) is 21.2 Å². The van der Waals surface area contributed by atoms with E-state index in [1.807, 2.05) is 32.9 Å². The quantitative estimate of drug-likeness (QED) is 0.608. The lowest BCUT2D eigenvalue weighted by Gasteiger charge is -2.18. The second-order valence-corrected chi connectivity index (χ2v) is 5.77. The highest BCUT2D eigenvalue weighted by atomic mass is 32.2. The number of hydrogen-bond acceptors (Lipinski definition) is 4. The summed E-state index contributed by atoms with van der Waals surface area (Å²) in [5, 5.41) is 0. The minimum atomic E-state index is -0.0379. The van der Waals surface area contributed by atoms with Gasteiger partial charge < -0.3 is 4.42 Å². The Morgan fingerprint density at radius 2 is 2.18 bits per heavy atom. The molecule has 0 atom stereocenters. The van der Waals surface area contributed by atoms with Crippen LogP contribution < -0.4 is 0 Å². The van der Waals surface area contributed by atoms with E-state index in [1.165, 1.54) is 11.8 Å². The zero-order valence-corrected chi connectivity index (χ0v) is 11.5. The Kier molecular flexibility index (Phi) is 3.40. The Labute approximate surface area is 110 Å². The lowest BCUT2D eigenvalue weighted by molar-refractivity contribution is -0.123. The molecular weight excluding hydrogens is 254 g/mol. The summed E-state index contributed by atoms with van der Waals surface area (Å²) in [5.74, 6) is 1.48. The maximum absolute atomic E-state index is 12.1. The Balaban J connectivity index is 2.28. The molecule has 1 aliphatic heterocycles. The molecule has 0 N–H and O–H groups in total. The van der Waals surface area contributed by atoms with Gasteiger partial charge in [-0.15, -0.1) is 0 Å². The van der Waals surface area contributed by atoms with Crippen molar-refractivity contribution >= 4 is 40.3 Å². The highest BCUT2D eigenvalue weighted by molar-refractivity contribution is 8.26. The lowest BCUT2D eigenvalue weighted by atomic mass is 10.3. The number of carbonyl (C=O) groups is 1. The van der Waals surface area contributed by atoms with Crippen LogP contribution in [-0.2, 0) is 4.79 Å². The van der Waals surface area contributed by atoms with E-state index in [-0.39, 0.29) is 11.9 Å². The molecule has 90 valence electrons. The van der Waals surface area contributed by atoms with Crippen LogP contribution in [0.3, 0.4) is 0 Å². The highest BCUT2D eigenvalue weighted by Crippen LogP contribution is 2.33. The number of hydrogen-bond donors (Lipinski definition) is 0. The van der Waals surface area contributed by atoms with Gasteiger partial charge in [0, 0.05) is 12.1 Å². The largest absolute Gasteiger partial charge is 0.462 e. The van der Waals surface area contributed by atoms with Crippen molar-refractivity contribution in [1.29, 1.82) is 0 Å². The van der Waals surface area contributed by atoms with Gasteiger partial charge in [-0.3, -0.25) is 9.69 Å². The summed E-state index contributed by atoms with van der Waals surface area (Å²) in [6.45, 7) is 5.77. The summed E-state index contributed by atoms with van der Waals surface area (Å²) >= 11 is 6.51. The van der Waals surface area contributed by atoms with Gasteiger partial charge in [-0.2, -0.15) is 0 Å². The van der Waals surface area contributed by atoms with Crippen LogP contribution in [0.2, 0.25) is 0 Å². The first kappa shape index (κ1) is 12.4. The van der Waals surface area contributed by atoms with Gasteiger partial charge in [-0.1, -0.05) is 24.0 Å². The molecule has 1 aromatic heterocycles. The Bertz CT molecular complexity index is 502. The van der Waals surface area contributed by atoms with E-state index < -0.39 is 0 Å². The fourth-order valence-electron chi connectivity index (χ4n) is 1.59. The number of rotatable bonds is 2. The van der Waals surface area contributed by atoms with Crippen LogP contribution in [0.25, 0.3) is 6.08 Å².